The number of fused-ring (bicyclic) bond motifs is 1. The SMILES string of the molecule is CC.CC.CC(=O)c1ccc2nc(-c3ccc(NC(=O)c4ccc(O)cc4)cc3)[nH]c2c1. The zero-order chi connectivity index (χ0) is 23.7. The molecule has 1 heterocycles. The van der Waals surface area contributed by atoms with E-state index in [2.05, 4.69) is 15.3 Å². The number of aromatic nitrogens is 2. The highest BCUT2D eigenvalue weighted by molar-refractivity contribution is 6.04. The summed E-state index contributed by atoms with van der Waals surface area (Å²) in [4.78, 5) is 31.6. The van der Waals surface area contributed by atoms with Crippen LogP contribution in [0, 0.1) is 0 Å². The third-order valence-electron chi connectivity index (χ3n) is 4.43. The molecule has 0 aliphatic rings. The molecule has 32 heavy (non-hydrogen) atoms. The molecule has 3 N–H and O–H groups in total. The molecule has 0 saturated heterocycles. The van der Waals surface area contributed by atoms with E-state index in [0.29, 0.717) is 22.6 Å². The predicted molar refractivity (Wildman–Crippen MR) is 130 cm³/mol. The number of aromatic hydroxyl groups is 1. The van der Waals surface area contributed by atoms with E-state index in [1.807, 2.05) is 45.9 Å². The third-order valence-corrected chi connectivity index (χ3v) is 4.43. The zero-order valence-corrected chi connectivity index (χ0v) is 19.1. The molecule has 6 heteroatoms. The van der Waals surface area contributed by atoms with Crippen molar-refractivity contribution in [3.63, 3.8) is 0 Å². The molecule has 0 unspecified atom stereocenters. The van der Waals surface area contributed by atoms with Crippen LogP contribution in [0.5, 0.6) is 5.75 Å². The Labute approximate surface area is 188 Å². The van der Waals surface area contributed by atoms with Crippen molar-refractivity contribution >= 4 is 28.4 Å². The molecule has 1 amide bonds. The van der Waals surface area contributed by atoms with Crippen LogP contribution >= 0.6 is 0 Å². The van der Waals surface area contributed by atoms with E-state index in [-0.39, 0.29) is 17.4 Å². The van der Waals surface area contributed by atoms with Gasteiger partial charge in [-0.3, -0.25) is 9.59 Å². The molecule has 0 fully saturated rings. The summed E-state index contributed by atoms with van der Waals surface area (Å²) in [6.45, 7) is 9.53. The first-order valence-corrected chi connectivity index (χ1v) is 10.7. The van der Waals surface area contributed by atoms with Crippen molar-refractivity contribution in [3.05, 3.63) is 77.9 Å². The Morgan fingerprint density at radius 3 is 2.03 bits per heavy atom. The second kappa shape index (κ2) is 11.5. The van der Waals surface area contributed by atoms with Gasteiger partial charge in [-0.25, -0.2) is 4.98 Å². The highest BCUT2D eigenvalue weighted by Crippen LogP contribution is 2.23. The van der Waals surface area contributed by atoms with Gasteiger partial charge in [0.2, 0.25) is 0 Å². The Morgan fingerprint density at radius 2 is 1.44 bits per heavy atom. The maximum absolute atomic E-state index is 12.2. The number of amides is 1. The van der Waals surface area contributed by atoms with Crippen LogP contribution in [0.2, 0.25) is 0 Å². The van der Waals surface area contributed by atoms with Crippen molar-refractivity contribution < 1.29 is 14.7 Å². The molecular weight excluding hydrogens is 402 g/mol. The van der Waals surface area contributed by atoms with Crippen molar-refractivity contribution in [2.75, 3.05) is 5.32 Å². The largest absolute Gasteiger partial charge is 0.508 e. The number of rotatable bonds is 4. The molecular formula is C26H29N3O3. The van der Waals surface area contributed by atoms with Crippen molar-refractivity contribution in [2.24, 2.45) is 0 Å². The molecule has 166 valence electrons. The van der Waals surface area contributed by atoms with E-state index in [1.165, 1.54) is 19.1 Å². The van der Waals surface area contributed by atoms with Gasteiger partial charge in [-0.1, -0.05) is 27.7 Å². The second-order valence-corrected chi connectivity index (χ2v) is 6.45. The molecule has 0 aliphatic carbocycles. The number of imidazole rings is 1. The molecule has 0 atom stereocenters. The van der Waals surface area contributed by atoms with Gasteiger partial charge in [0.25, 0.3) is 5.91 Å². The van der Waals surface area contributed by atoms with Crippen LogP contribution < -0.4 is 5.32 Å². The lowest BCUT2D eigenvalue weighted by Gasteiger charge is -2.06. The monoisotopic (exact) mass is 431 g/mol. The van der Waals surface area contributed by atoms with Crippen molar-refractivity contribution in [3.8, 4) is 17.1 Å². The molecule has 1 aromatic heterocycles. The number of benzene rings is 3. The number of nitrogens with zero attached hydrogens (tertiary/aromatic N) is 1. The quantitative estimate of drug-likeness (QED) is 0.324. The number of carbonyl (C=O) groups is 2. The maximum Gasteiger partial charge on any atom is 0.255 e. The molecule has 0 saturated carbocycles. The first kappa shape index (κ1) is 24.3. The molecule has 3 aromatic carbocycles. The van der Waals surface area contributed by atoms with Crippen LogP contribution in [0.25, 0.3) is 22.4 Å². The van der Waals surface area contributed by atoms with Gasteiger partial charge in [0.05, 0.1) is 11.0 Å². The molecule has 4 rings (SSSR count). The summed E-state index contributed by atoms with van der Waals surface area (Å²) in [6.07, 6.45) is 0. The molecule has 4 aromatic rings. The van der Waals surface area contributed by atoms with Gasteiger partial charge in [0, 0.05) is 22.4 Å². The lowest BCUT2D eigenvalue weighted by atomic mass is 10.1. The summed E-state index contributed by atoms with van der Waals surface area (Å²) in [5.41, 5.74) is 4.19. The first-order chi connectivity index (χ1) is 15.5. The molecule has 0 spiro atoms. The Kier molecular flexibility index (Phi) is 8.72. The topological polar surface area (TPSA) is 95.1 Å². The highest BCUT2D eigenvalue weighted by atomic mass is 16.3. The number of H-pyrrole nitrogens is 1. The average Bonchev–Trinajstić information content (AvgIpc) is 3.26. The minimum absolute atomic E-state index is 0.00627. The standard InChI is InChI=1S/C22H17N3O3.2C2H6/c1-13(26)16-6-11-19-20(12-16)25-21(24-19)14-2-7-17(8-3-14)23-22(28)15-4-9-18(27)10-5-15;2*1-2/h2-12,27H,1H3,(H,23,28)(H,24,25);2*1-2H3. The van der Waals surface area contributed by atoms with Crippen LogP contribution in [-0.4, -0.2) is 26.8 Å². The number of aromatic amines is 1. The second-order valence-electron chi connectivity index (χ2n) is 6.45. The van der Waals surface area contributed by atoms with Crippen LogP contribution in [0.3, 0.4) is 0 Å². The first-order valence-electron chi connectivity index (χ1n) is 10.7. The fourth-order valence-electron chi connectivity index (χ4n) is 2.89. The summed E-state index contributed by atoms with van der Waals surface area (Å²) in [6, 6.07) is 18.7. The Bertz CT molecular complexity index is 1180. The average molecular weight is 432 g/mol. The fourth-order valence-corrected chi connectivity index (χ4v) is 2.89. The number of phenolic OH excluding ortho intramolecular Hbond substituents is 1. The van der Waals surface area contributed by atoms with Gasteiger partial charge in [-0.15, -0.1) is 0 Å². The van der Waals surface area contributed by atoms with Crippen molar-refractivity contribution in [1.29, 1.82) is 0 Å². The Morgan fingerprint density at radius 1 is 0.844 bits per heavy atom. The normalized spacial score (nSPS) is 9.78. The summed E-state index contributed by atoms with van der Waals surface area (Å²) >= 11 is 0. The zero-order valence-electron chi connectivity index (χ0n) is 19.1. The molecule has 6 nitrogen and oxygen atoms in total. The van der Waals surface area contributed by atoms with E-state index >= 15 is 0 Å². The summed E-state index contributed by atoms with van der Waals surface area (Å²) in [5.74, 6) is 0.550. The highest BCUT2D eigenvalue weighted by Gasteiger charge is 2.09. The molecule has 0 bridgehead atoms. The van der Waals surface area contributed by atoms with Crippen LogP contribution in [0.1, 0.15) is 55.3 Å². The lowest BCUT2D eigenvalue weighted by Crippen LogP contribution is -2.11. The fraction of sp³-hybridized carbons (Fsp3) is 0.192. The Hall–Kier alpha value is -3.93. The van der Waals surface area contributed by atoms with E-state index in [0.717, 1.165) is 16.6 Å². The number of carbonyl (C=O) groups excluding carboxylic acids is 2. The number of anilines is 1. The number of hydrogen-bond acceptors (Lipinski definition) is 4. The van der Waals surface area contributed by atoms with E-state index < -0.39 is 0 Å². The number of phenols is 1. The lowest BCUT2D eigenvalue weighted by molar-refractivity contribution is 0.101. The smallest absolute Gasteiger partial charge is 0.255 e. The number of nitrogens with one attached hydrogen (secondary N) is 2. The molecule has 0 radical (unpaired) electrons. The van der Waals surface area contributed by atoms with Crippen LogP contribution in [0.15, 0.2) is 66.7 Å². The van der Waals surface area contributed by atoms with Gasteiger partial charge in [-0.2, -0.15) is 0 Å². The maximum atomic E-state index is 12.2. The minimum atomic E-state index is -0.256. The number of Topliss-reactive ketones (excluding diaryl/α,β-unsaturated/α-hetero) is 1. The van der Waals surface area contributed by atoms with E-state index in [9.17, 15) is 14.7 Å². The summed E-state index contributed by atoms with van der Waals surface area (Å²) in [5, 5.41) is 12.1. The summed E-state index contributed by atoms with van der Waals surface area (Å²) < 4.78 is 0. The van der Waals surface area contributed by atoms with Gasteiger partial charge >= 0.3 is 0 Å². The van der Waals surface area contributed by atoms with Crippen molar-refractivity contribution in [1.82, 2.24) is 9.97 Å². The van der Waals surface area contributed by atoms with Gasteiger partial charge in [0.1, 0.15) is 11.6 Å². The van der Waals surface area contributed by atoms with E-state index in [1.54, 1.807) is 36.4 Å². The van der Waals surface area contributed by atoms with Gasteiger partial charge in [-0.05, 0) is 73.7 Å². The van der Waals surface area contributed by atoms with Gasteiger partial charge < -0.3 is 15.4 Å². The minimum Gasteiger partial charge on any atom is -0.508 e. The van der Waals surface area contributed by atoms with Crippen LogP contribution in [0.4, 0.5) is 5.69 Å². The Balaban J connectivity index is 0.000000860. The number of hydrogen-bond donors (Lipinski definition) is 3. The predicted octanol–water partition coefficient (Wildman–Crippen LogP) is 6.44. The van der Waals surface area contributed by atoms with Crippen molar-refractivity contribution in [2.45, 2.75) is 34.6 Å². The van der Waals surface area contributed by atoms with E-state index in [4.69, 9.17) is 0 Å². The van der Waals surface area contributed by atoms with Crippen LogP contribution in [-0.2, 0) is 0 Å². The van der Waals surface area contributed by atoms with Gasteiger partial charge in [0.15, 0.2) is 5.78 Å². The summed E-state index contributed by atoms with van der Waals surface area (Å²) in [7, 11) is 0. The third kappa shape index (κ3) is 5.82. The number of ketones is 1. The molecule has 0 aliphatic heterocycles.